The van der Waals surface area contributed by atoms with Crippen LogP contribution >= 0.6 is 27.5 Å². The van der Waals surface area contributed by atoms with Crippen molar-refractivity contribution >= 4 is 39.1 Å². The Bertz CT molecular complexity index is 894. The van der Waals surface area contributed by atoms with Crippen LogP contribution in [-0.4, -0.2) is 20.4 Å². The Morgan fingerprint density at radius 2 is 2.08 bits per heavy atom. The lowest BCUT2D eigenvalue weighted by molar-refractivity contribution is -0.116. The lowest BCUT2D eigenvalue weighted by atomic mass is 10.2. The number of hydrogen-bond acceptors (Lipinski definition) is 3. The van der Waals surface area contributed by atoms with E-state index in [1.165, 1.54) is 0 Å². The zero-order valence-corrected chi connectivity index (χ0v) is 15.2. The Morgan fingerprint density at radius 3 is 2.83 bits per heavy atom. The minimum absolute atomic E-state index is 0.129. The molecule has 5 nitrogen and oxygen atoms in total. The highest BCUT2D eigenvalue weighted by atomic mass is 79.9. The molecule has 0 bridgehead atoms. The number of pyridine rings is 1. The fourth-order valence-electron chi connectivity index (χ4n) is 2.32. The van der Waals surface area contributed by atoms with Crippen LogP contribution in [0.5, 0.6) is 0 Å². The molecule has 0 unspecified atom stereocenters. The summed E-state index contributed by atoms with van der Waals surface area (Å²) in [5, 5.41) is 3.28. The molecule has 0 spiro atoms. The molecule has 2 aromatic heterocycles. The van der Waals surface area contributed by atoms with Gasteiger partial charge in [-0.15, -0.1) is 0 Å². The summed E-state index contributed by atoms with van der Waals surface area (Å²) >= 11 is 9.37. The molecule has 0 fully saturated rings. The normalized spacial score (nSPS) is 10.6. The fourth-order valence-corrected chi connectivity index (χ4v) is 2.74. The SMILES string of the molecule is Cc1cc(NC(=O)Cn2ccnc2-c2ccnc(Cl)c2)ccc1Br. The van der Waals surface area contributed by atoms with E-state index < -0.39 is 0 Å². The Hall–Kier alpha value is -2.18. The standard InChI is InChI=1S/C17H14BrClN4O/c1-11-8-13(2-3-14(11)18)22-16(24)10-23-7-6-21-17(23)12-4-5-20-15(19)9-12/h2-9H,10H2,1H3,(H,22,24). The summed E-state index contributed by atoms with van der Waals surface area (Å²) < 4.78 is 2.78. The van der Waals surface area contributed by atoms with Crippen LogP contribution < -0.4 is 5.32 Å². The number of carbonyl (C=O) groups excluding carboxylic acids is 1. The molecule has 1 N–H and O–H groups in total. The molecule has 122 valence electrons. The summed E-state index contributed by atoms with van der Waals surface area (Å²) in [5.74, 6) is 0.539. The van der Waals surface area contributed by atoms with E-state index in [4.69, 9.17) is 11.6 Å². The third-order valence-corrected chi connectivity index (χ3v) is 4.55. The maximum atomic E-state index is 12.3. The van der Waals surface area contributed by atoms with Crippen LogP contribution in [-0.2, 0) is 11.3 Å². The third kappa shape index (κ3) is 3.83. The number of amides is 1. The Kier molecular flexibility index (Phi) is 4.97. The van der Waals surface area contributed by atoms with E-state index in [0.717, 1.165) is 21.3 Å². The van der Waals surface area contributed by atoms with Gasteiger partial charge in [0.15, 0.2) is 0 Å². The molecule has 0 radical (unpaired) electrons. The second-order valence-electron chi connectivity index (χ2n) is 5.26. The van der Waals surface area contributed by atoms with Crippen molar-refractivity contribution in [1.82, 2.24) is 14.5 Å². The molecule has 2 heterocycles. The Labute approximate surface area is 152 Å². The summed E-state index contributed by atoms with van der Waals surface area (Å²) in [5.41, 5.74) is 2.63. The molecule has 1 aromatic carbocycles. The van der Waals surface area contributed by atoms with Gasteiger partial charge in [0.25, 0.3) is 0 Å². The number of aryl methyl sites for hydroxylation is 1. The van der Waals surface area contributed by atoms with E-state index in [0.29, 0.717) is 11.0 Å². The van der Waals surface area contributed by atoms with Gasteiger partial charge in [0.05, 0.1) is 0 Å². The molecular formula is C17H14BrClN4O. The zero-order valence-electron chi connectivity index (χ0n) is 12.8. The van der Waals surface area contributed by atoms with Gasteiger partial charge in [0.1, 0.15) is 17.5 Å². The third-order valence-electron chi connectivity index (χ3n) is 3.46. The van der Waals surface area contributed by atoms with Crippen LogP contribution in [0.2, 0.25) is 5.15 Å². The van der Waals surface area contributed by atoms with Crippen LogP contribution in [0.4, 0.5) is 5.69 Å². The zero-order chi connectivity index (χ0) is 17.1. The highest BCUT2D eigenvalue weighted by Gasteiger charge is 2.11. The van der Waals surface area contributed by atoms with Gasteiger partial charge in [-0.3, -0.25) is 4.79 Å². The number of aromatic nitrogens is 3. The molecular weight excluding hydrogens is 392 g/mol. The number of hydrogen-bond donors (Lipinski definition) is 1. The molecule has 1 amide bonds. The van der Waals surface area contributed by atoms with Crippen molar-refractivity contribution in [3.63, 3.8) is 0 Å². The second-order valence-corrected chi connectivity index (χ2v) is 6.50. The smallest absolute Gasteiger partial charge is 0.244 e. The van der Waals surface area contributed by atoms with Crippen molar-refractivity contribution < 1.29 is 4.79 Å². The summed E-state index contributed by atoms with van der Waals surface area (Å²) in [7, 11) is 0. The summed E-state index contributed by atoms with van der Waals surface area (Å²) in [6.45, 7) is 2.13. The second kappa shape index (κ2) is 7.15. The molecule has 0 aliphatic carbocycles. The summed E-state index contributed by atoms with van der Waals surface area (Å²) in [6, 6.07) is 9.20. The van der Waals surface area contributed by atoms with Gasteiger partial charge < -0.3 is 9.88 Å². The number of anilines is 1. The van der Waals surface area contributed by atoms with Gasteiger partial charge in [0, 0.05) is 34.3 Å². The van der Waals surface area contributed by atoms with Crippen LogP contribution in [0, 0.1) is 6.92 Å². The van der Waals surface area contributed by atoms with Gasteiger partial charge in [-0.1, -0.05) is 27.5 Å². The van der Waals surface area contributed by atoms with Crippen LogP contribution in [0.15, 0.2) is 53.4 Å². The number of nitrogens with one attached hydrogen (secondary N) is 1. The molecule has 0 aliphatic heterocycles. The van der Waals surface area contributed by atoms with Crippen LogP contribution in [0.1, 0.15) is 5.56 Å². The Balaban J connectivity index is 1.76. The molecule has 3 rings (SSSR count). The predicted molar refractivity (Wildman–Crippen MR) is 98.0 cm³/mol. The van der Waals surface area contributed by atoms with E-state index in [-0.39, 0.29) is 12.5 Å². The molecule has 24 heavy (non-hydrogen) atoms. The first-order valence-electron chi connectivity index (χ1n) is 7.22. The van der Waals surface area contributed by atoms with Gasteiger partial charge in [-0.05, 0) is 42.8 Å². The van der Waals surface area contributed by atoms with Crippen molar-refractivity contribution in [3.8, 4) is 11.4 Å². The molecule has 3 aromatic rings. The van der Waals surface area contributed by atoms with E-state index in [1.807, 2.05) is 25.1 Å². The van der Waals surface area contributed by atoms with Crippen molar-refractivity contribution in [2.75, 3.05) is 5.32 Å². The lowest BCUT2D eigenvalue weighted by Gasteiger charge is -2.10. The largest absolute Gasteiger partial charge is 0.325 e. The van der Waals surface area contributed by atoms with Crippen LogP contribution in [0.25, 0.3) is 11.4 Å². The van der Waals surface area contributed by atoms with Gasteiger partial charge >= 0.3 is 0 Å². The number of imidazole rings is 1. The first-order chi connectivity index (χ1) is 11.5. The first kappa shape index (κ1) is 16.7. The molecule has 0 aliphatic rings. The number of halogens is 2. The van der Waals surface area contributed by atoms with E-state index in [1.54, 1.807) is 35.3 Å². The monoisotopic (exact) mass is 404 g/mol. The molecule has 7 heteroatoms. The minimum atomic E-state index is -0.129. The van der Waals surface area contributed by atoms with E-state index in [9.17, 15) is 4.79 Å². The summed E-state index contributed by atoms with van der Waals surface area (Å²) in [4.78, 5) is 20.6. The van der Waals surface area contributed by atoms with E-state index in [2.05, 4.69) is 31.2 Å². The highest BCUT2D eigenvalue weighted by Crippen LogP contribution is 2.21. The predicted octanol–water partition coefficient (Wildman–Crippen LogP) is 4.31. The van der Waals surface area contributed by atoms with Gasteiger partial charge in [-0.25, -0.2) is 9.97 Å². The van der Waals surface area contributed by atoms with Crippen molar-refractivity contribution in [2.45, 2.75) is 13.5 Å². The Morgan fingerprint density at radius 1 is 1.25 bits per heavy atom. The topological polar surface area (TPSA) is 59.8 Å². The summed E-state index contributed by atoms with van der Waals surface area (Å²) in [6.07, 6.45) is 5.03. The van der Waals surface area contributed by atoms with Gasteiger partial charge in [0.2, 0.25) is 5.91 Å². The lowest BCUT2D eigenvalue weighted by Crippen LogP contribution is -2.19. The maximum absolute atomic E-state index is 12.3. The first-order valence-corrected chi connectivity index (χ1v) is 8.39. The average molecular weight is 406 g/mol. The maximum Gasteiger partial charge on any atom is 0.244 e. The van der Waals surface area contributed by atoms with Crippen LogP contribution in [0.3, 0.4) is 0 Å². The molecule has 0 saturated carbocycles. The van der Waals surface area contributed by atoms with E-state index >= 15 is 0 Å². The quantitative estimate of drug-likeness (QED) is 0.658. The number of rotatable bonds is 4. The van der Waals surface area contributed by atoms with Crippen molar-refractivity contribution in [1.29, 1.82) is 0 Å². The number of carbonyl (C=O) groups is 1. The number of benzene rings is 1. The van der Waals surface area contributed by atoms with Crippen molar-refractivity contribution in [3.05, 3.63) is 64.1 Å². The molecule has 0 saturated heterocycles. The van der Waals surface area contributed by atoms with Crippen molar-refractivity contribution in [2.24, 2.45) is 0 Å². The molecule has 0 atom stereocenters. The fraction of sp³-hybridized carbons (Fsp3) is 0.118. The number of nitrogens with zero attached hydrogens (tertiary/aromatic N) is 3. The highest BCUT2D eigenvalue weighted by molar-refractivity contribution is 9.10. The average Bonchev–Trinajstić information content (AvgIpc) is 2.99. The van der Waals surface area contributed by atoms with Gasteiger partial charge in [-0.2, -0.15) is 0 Å². The minimum Gasteiger partial charge on any atom is -0.325 e.